The molecular weight excluding hydrogens is 324 g/mol. The molecule has 6 heteroatoms. The van der Waals surface area contributed by atoms with Gasteiger partial charge >= 0.3 is 0 Å². The zero-order chi connectivity index (χ0) is 17.6. The normalized spacial score (nSPS) is 11.0. The molecule has 2 aromatic rings. The van der Waals surface area contributed by atoms with Crippen molar-refractivity contribution in [2.75, 3.05) is 6.54 Å². The summed E-state index contributed by atoms with van der Waals surface area (Å²) >= 11 is 0. The summed E-state index contributed by atoms with van der Waals surface area (Å²) in [5.41, 5.74) is 2.26. The lowest BCUT2D eigenvalue weighted by molar-refractivity contribution is 0.0958. The first-order chi connectivity index (χ1) is 11.4. The highest BCUT2D eigenvalue weighted by atomic mass is 32.2. The molecule has 126 valence electrons. The molecule has 0 atom stereocenters. The van der Waals surface area contributed by atoms with Crippen LogP contribution < -0.4 is 10.0 Å². The number of benzene rings is 2. The van der Waals surface area contributed by atoms with Crippen LogP contribution in [0.3, 0.4) is 0 Å². The number of carbonyl (C=O) groups is 1. The van der Waals surface area contributed by atoms with Crippen molar-refractivity contribution in [2.24, 2.45) is 0 Å². The summed E-state index contributed by atoms with van der Waals surface area (Å²) in [6, 6.07) is 13.5. The monoisotopic (exact) mass is 344 g/mol. The van der Waals surface area contributed by atoms with E-state index >= 15 is 0 Å². The molecule has 0 saturated carbocycles. The van der Waals surface area contributed by atoms with Crippen LogP contribution in [0.2, 0.25) is 0 Å². The topological polar surface area (TPSA) is 75.3 Å². The molecule has 0 saturated heterocycles. The summed E-state index contributed by atoms with van der Waals surface area (Å²) < 4.78 is 27.3. The number of amides is 1. The van der Waals surface area contributed by atoms with Crippen LogP contribution in [0, 0.1) is 6.92 Å². The molecule has 0 fully saturated rings. The van der Waals surface area contributed by atoms with E-state index in [1.54, 1.807) is 18.2 Å². The molecule has 5 nitrogen and oxygen atoms in total. The number of rotatable bonds is 7. The molecule has 1 amide bonds. The Bertz CT molecular complexity index is 828. The number of aryl methyl sites for hydroxylation is 1. The molecule has 2 aromatic carbocycles. The number of hydrogen-bond acceptors (Lipinski definition) is 3. The molecule has 0 spiro atoms. The molecule has 0 unspecified atom stereocenters. The Labute approximate surface area is 142 Å². The predicted octanol–water partition coefficient (Wildman–Crippen LogP) is 2.39. The highest BCUT2D eigenvalue weighted by molar-refractivity contribution is 7.89. The predicted molar refractivity (Wildman–Crippen MR) is 94.2 cm³/mol. The van der Waals surface area contributed by atoms with Crippen molar-refractivity contribution in [2.45, 2.75) is 18.4 Å². The van der Waals surface area contributed by atoms with Gasteiger partial charge in [-0.1, -0.05) is 42.0 Å². The summed E-state index contributed by atoms with van der Waals surface area (Å²) in [4.78, 5) is 12.0. The summed E-state index contributed by atoms with van der Waals surface area (Å²) in [5.74, 6) is -0.342. The second kappa shape index (κ2) is 7.90. The maximum absolute atomic E-state index is 12.4. The SMILES string of the molecule is C=CCNC(=O)c1cccc(S(=O)(=O)NCc2ccc(C)cc2)c1. The lowest BCUT2D eigenvalue weighted by Crippen LogP contribution is -2.25. The highest BCUT2D eigenvalue weighted by Crippen LogP contribution is 2.12. The lowest BCUT2D eigenvalue weighted by atomic mass is 10.2. The van der Waals surface area contributed by atoms with E-state index in [1.807, 2.05) is 31.2 Å². The Morgan fingerprint density at radius 1 is 1.17 bits per heavy atom. The largest absolute Gasteiger partial charge is 0.349 e. The molecule has 0 aromatic heterocycles. The van der Waals surface area contributed by atoms with Gasteiger partial charge in [-0.3, -0.25) is 4.79 Å². The van der Waals surface area contributed by atoms with Gasteiger partial charge in [-0.25, -0.2) is 13.1 Å². The molecule has 0 heterocycles. The maximum atomic E-state index is 12.4. The lowest BCUT2D eigenvalue weighted by Gasteiger charge is -2.09. The van der Waals surface area contributed by atoms with Crippen molar-refractivity contribution in [1.29, 1.82) is 0 Å². The van der Waals surface area contributed by atoms with Crippen molar-refractivity contribution >= 4 is 15.9 Å². The fourth-order valence-corrected chi connectivity index (χ4v) is 3.10. The average molecular weight is 344 g/mol. The third-order valence-electron chi connectivity index (χ3n) is 3.40. The van der Waals surface area contributed by atoms with Gasteiger partial charge in [-0.05, 0) is 30.7 Å². The van der Waals surface area contributed by atoms with E-state index in [0.717, 1.165) is 11.1 Å². The molecular formula is C18H20N2O3S. The second-order valence-electron chi connectivity index (χ2n) is 5.34. The van der Waals surface area contributed by atoms with Crippen LogP contribution in [0.4, 0.5) is 0 Å². The van der Waals surface area contributed by atoms with Gasteiger partial charge in [0.25, 0.3) is 5.91 Å². The minimum Gasteiger partial charge on any atom is -0.349 e. The van der Waals surface area contributed by atoms with Crippen molar-refractivity contribution < 1.29 is 13.2 Å². The quantitative estimate of drug-likeness (QED) is 0.757. The fraction of sp³-hybridized carbons (Fsp3) is 0.167. The summed E-state index contributed by atoms with van der Waals surface area (Å²) in [7, 11) is -3.70. The van der Waals surface area contributed by atoms with Gasteiger partial charge in [-0.2, -0.15) is 0 Å². The van der Waals surface area contributed by atoms with Crippen molar-refractivity contribution in [3.63, 3.8) is 0 Å². The first kappa shape index (κ1) is 17.9. The minimum atomic E-state index is -3.70. The molecule has 0 radical (unpaired) electrons. The smallest absolute Gasteiger partial charge is 0.251 e. The van der Waals surface area contributed by atoms with Crippen LogP contribution in [0.5, 0.6) is 0 Å². The molecule has 0 aliphatic carbocycles. The van der Waals surface area contributed by atoms with Gasteiger partial charge in [0.15, 0.2) is 0 Å². The Hall–Kier alpha value is -2.44. The summed E-state index contributed by atoms with van der Waals surface area (Å²) in [6.07, 6.45) is 1.56. The van der Waals surface area contributed by atoms with Gasteiger partial charge in [0.05, 0.1) is 4.90 Å². The van der Waals surface area contributed by atoms with Gasteiger partial charge in [0.1, 0.15) is 0 Å². The minimum absolute atomic E-state index is 0.0564. The van der Waals surface area contributed by atoms with Crippen molar-refractivity contribution in [1.82, 2.24) is 10.0 Å². The van der Waals surface area contributed by atoms with E-state index in [0.29, 0.717) is 6.54 Å². The number of sulfonamides is 1. The van der Waals surface area contributed by atoms with Gasteiger partial charge in [0, 0.05) is 18.7 Å². The number of nitrogens with one attached hydrogen (secondary N) is 2. The van der Waals surface area contributed by atoms with E-state index in [-0.39, 0.29) is 22.9 Å². The van der Waals surface area contributed by atoms with Crippen LogP contribution in [0.1, 0.15) is 21.5 Å². The Balaban J connectivity index is 2.12. The van der Waals surface area contributed by atoms with Crippen LogP contribution in [0.25, 0.3) is 0 Å². The third kappa shape index (κ3) is 4.78. The molecule has 0 aliphatic heterocycles. The molecule has 0 bridgehead atoms. The van der Waals surface area contributed by atoms with Crippen molar-refractivity contribution in [3.05, 3.63) is 77.9 Å². The van der Waals surface area contributed by atoms with E-state index in [1.165, 1.54) is 12.1 Å². The Kier molecular flexibility index (Phi) is 5.89. The fourth-order valence-electron chi connectivity index (χ4n) is 2.04. The highest BCUT2D eigenvalue weighted by Gasteiger charge is 2.16. The van der Waals surface area contributed by atoms with E-state index in [2.05, 4.69) is 16.6 Å². The first-order valence-corrected chi connectivity index (χ1v) is 8.95. The average Bonchev–Trinajstić information content (AvgIpc) is 2.59. The summed E-state index contributed by atoms with van der Waals surface area (Å²) in [5, 5.41) is 2.62. The second-order valence-corrected chi connectivity index (χ2v) is 7.10. The maximum Gasteiger partial charge on any atom is 0.251 e. The van der Waals surface area contributed by atoms with Crippen LogP contribution in [-0.2, 0) is 16.6 Å². The van der Waals surface area contributed by atoms with Crippen LogP contribution >= 0.6 is 0 Å². The Morgan fingerprint density at radius 2 is 1.88 bits per heavy atom. The van der Waals surface area contributed by atoms with Crippen LogP contribution in [-0.4, -0.2) is 20.9 Å². The molecule has 0 aliphatic rings. The number of carbonyl (C=O) groups excluding carboxylic acids is 1. The molecule has 2 N–H and O–H groups in total. The van der Waals surface area contributed by atoms with Gasteiger partial charge in [0.2, 0.25) is 10.0 Å². The summed E-state index contributed by atoms with van der Waals surface area (Å²) in [6.45, 7) is 6.00. The standard InChI is InChI=1S/C18H20N2O3S/c1-3-11-19-18(21)16-5-4-6-17(12-16)24(22,23)20-13-15-9-7-14(2)8-10-15/h3-10,12,20H,1,11,13H2,2H3,(H,19,21). The van der Waals surface area contributed by atoms with E-state index in [9.17, 15) is 13.2 Å². The van der Waals surface area contributed by atoms with Gasteiger partial charge < -0.3 is 5.32 Å². The number of hydrogen-bond donors (Lipinski definition) is 2. The van der Waals surface area contributed by atoms with Crippen molar-refractivity contribution in [3.8, 4) is 0 Å². The zero-order valence-corrected chi connectivity index (χ0v) is 14.3. The molecule has 2 rings (SSSR count). The van der Waals surface area contributed by atoms with E-state index in [4.69, 9.17) is 0 Å². The zero-order valence-electron chi connectivity index (χ0n) is 13.5. The van der Waals surface area contributed by atoms with E-state index < -0.39 is 10.0 Å². The first-order valence-electron chi connectivity index (χ1n) is 7.47. The Morgan fingerprint density at radius 3 is 2.54 bits per heavy atom. The molecule has 24 heavy (non-hydrogen) atoms. The third-order valence-corrected chi connectivity index (χ3v) is 4.80. The van der Waals surface area contributed by atoms with Crippen LogP contribution in [0.15, 0.2) is 66.1 Å². The van der Waals surface area contributed by atoms with Gasteiger partial charge in [-0.15, -0.1) is 6.58 Å².